The molecular weight excluding hydrogens is 411 g/mol. The Morgan fingerprint density at radius 1 is 1.32 bits per heavy atom. The van der Waals surface area contributed by atoms with Gasteiger partial charge < -0.3 is 9.64 Å². The number of hydrogen-bond donors (Lipinski definition) is 0. The first kappa shape index (κ1) is 17.9. The zero-order valence-corrected chi connectivity index (χ0v) is 15.7. The van der Waals surface area contributed by atoms with Gasteiger partial charge in [0.25, 0.3) is 0 Å². The standard InChI is InChI=1S/C18H15BrClFN2O2/c1-25-17(24)10-23-15-7-6-11(20)8-13(15)18(22-16(23)9-19)12-4-2-3-5-14(12)21/h2-8,16H,9-10H2,1H3. The van der Waals surface area contributed by atoms with Crippen molar-refractivity contribution in [2.75, 3.05) is 23.9 Å². The summed E-state index contributed by atoms with van der Waals surface area (Å²) in [4.78, 5) is 18.3. The van der Waals surface area contributed by atoms with Crippen LogP contribution in [-0.2, 0) is 9.53 Å². The van der Waals surface area contributed by atoms with Gasteiger partial charge in [0.05, 0.1) is 12.8 Å². The molecule has 0 spiro atoms. The second-order valence-electron chi connectivity index (χ2n) is 5.46. The first-order chi connectivity index (χ1) is 12.0. The number of fused-ring (bicyclic) bond motifs is 1. The second-order valence-corrected chi connectivity index (χ2v) is 6.54. The number of esters is 1. The van der Waals surface area contributed by atoms with Crippen LogP contribution in [0, 0.1) is 5.82 Å². The Morgan fingerprint density at radius 2 is 2.08 bits per heavy atom. The highest BCUT2D eigenvalue weighted by Crippen LogP contribution is 2.34. The van der Waals surface area contributed by atoms with Crippen molar-refractivity contribution in [2.45, 2.75) is 6.17 Å². The largest absolute Gasteiger partial charge is 0.468 e. The molecule has 0 bridgehead atoms. The molecule has 2 aromatic carbocycles. The van der Waals surface area contributed by atoms with E-state index in [2.05, 4.69) is 20.9 Å². The highest BCUT2D eigenvalue weighted by molar-refractivity contribution is 9.09. The van der Waals surface area contributed by atoms with E-state index in [4.69, 9.17) is 16.3 Å². The average molecular weight is 426 g/mol. The van der Waals surface area contributed by atoms with Crippen LogP contribution >= 0.6 is 27.5 Å². The van der Waals surface area contributed by atoms with Crippen LogP contribution in [-0.4, -0.2) is 36.8 Å². The van der Waals surface area contributed by atoms with E-state index in [1.165, 1.54) is 13.2 Å². The highest BCUT2D eigenvalue weighted by Gasteiger charge is 2.30. The number of anilines is 1. The van der Waals surface area contributed by atoms with Crippen LogP contribution in [0.1, 0.15) is 11.1 Å². The number of aliphatic imine (C=N–C) groups is 1. The number of carbonyl (C=O) groups is 1. The van der Waals surface area contributed by atoms with E-state index in [-0.39, 0.29) is 24.5 Å². The molecule has 2 aromatic rings. The number of alkyl halides is 1. The first-order valence-electron chi connectivity index (χ1n) is 7.57. The van der Waals surface area contributed by atoms with Gasteiger partial charge in [0, 0.05) is 27.2 Å². The van der Waals surface area contributed by atoms with Crippen LogP contribution in [0.15, 0.2) is 47.5 Å². The molecule has 0 radical (unpaired) electrons. The fourth-order valence-electron chi connectivity index (χ4n) is 2.78. The molecule has 0 amide bonds. The average Bonchev–Trinajstić information content (AvgIpc) is 2.62. The van der Waals surface area contributed by atoms with Gasteiger partial charge in [-0.3, -0.25) is 9.79 Å². The molecular formula is C18H15BrClFN2O2. The third kappa shape index (κ3) is 3.55. The molecule has 4 nitrogen and oxygen atoms in total. The van der Waals surface area contributed by atoms with Gasteiger partial charge >= 0.3 is 5.97 Å². The molecule has 3 rings (SSSR count). The molecule has 1 unspecified atom stereocenters. The van der Waals surface area contributed by atoms with Gasteiger partial charge in [-0.25, -0.2) is 4.39 Å². The molecule has 0 saturated carbocycles. The minimum Gasteiger partial charge on any atom is -0.468 e. The van der Waals surface area contributed by atoms with Gasteiger partial charge in [-0.1, -0.05) is 39.7 Å². The van der Waals surface area contributed by atoms with Crippen molar-refractivity contribution >= 4 is 44.9 Å². The van der Waals surface area contributed by atoms with Gasteiger partial charge in [-0.2, -0.15) is 0 Å². The lowest BCUT2D eigenvalue weighted by Gasteiger charge is -2.35. The summed E-state index contributed by atoms with van der Waals surface area (Å²) in [6.45, 7) is 0.0372. The van der Waals surface area contributed by atoms with Crippen molar-refractivity contribution < 1.29 is 13.9 Å². The summed E-state index contributed by atoms with van der Waals surface area (Å²) in [5, 5.41) is 0.988. The smallest absolute Gasteiger partial charge is 0.325 e. The summed E-state index contributed by atoms with van der Waals surface area (Å²) in [5.74, 6) is -0.738. The predicted molar refractivity (Wildman–Crippen MR) is 100 cm³/mol. The van der Waals surface area contributed by atoms with Crippen LogP contribution in [0.5, 0.6) is 0 Å². The Kier molecular flexibility index (Phi) is 5.39. The van der Waals surface area contributed by atoms with E-state index < -0.39 is 0 Å². The fourth-order valence-corrected chi connectivity index (χ4v) is 3.44. The van der Waals surface area contributed by atoms with Crippen molar-refractivity contribution in [1.82, 2.24) is 0 Å². The third-order valence-corrected chi connectivity index (χ3v) is 4.77. The monoisotopic (exact) mass is 424 g/mol. The molecule has 0 aromatic heterocycles. The van der Waals surface area contributed by atoms with Crippen molar-refractivity contribution in [3.05, 3.63) is 64.4 Å². The lowest BCUT2D eigenvalue weighted by atomic mass is 9.97. The van der Waals surface area contributed by atoms with E-state index in [9.17, 15) is 9.18 Å². The van der Waals surface area contributed by atoms with Crippen molar-refractivity contribution in [3.8, 4) is 0 Å². The summed E-state index contributed by atoms with van der Waals surface area (Å²) in [6, 6.07) is 11.7. The van der Waals surface area contributed by atoms with Crippen LogP contribution in [0.4, 0.5) is 10.1 Å². The Balaban J connectivity index is 2.17. The van der Waals surface area contributed by atoms with E-state index in [0.29, 0.717) is 27.2 Å². The van der Waals surface area contributed by atoms with Gasteiger partial charge in [0.1, 0.15) is 18.5 Å². The normalized spacial score (nSPS) is 16.2. The molecule has 1 aliphatic rings. The molecule has 0 aliphatic carbocycles. The van der Waals surface area contributed by atoms with E-state index in [1.807, 2.05) is 11.0 Å². The lowest BCUT2D eigenvalue weighted by molar-refractivity contribution is -0.139. The van der Waals surface area contributed by atoms with E-state index in [1.54, 1.807) is 30.3 Å². The molecule has 1 heterocycles. The van der Waals surface area contributed by atoms with E-state index >= 15 is 0 Å². The van der Waals surface area contributed by atoms with Gasteiger partial charge in [-0.15, -0.1) is 0 Å². The number of methoxy groups -OCH3 is 1. The minimum absolute atomic E-state index is 0.0372. The lowest BCUT2D eigenvalue weighted by Crippen LogP contribution is -2.43. The van der Waals surface area contributed by atoms with Crippen molar-refractivity contribution in [1.29, 1.82) is 0 Å². The molecule has 130 valence electrons. The van der Waals surface area contributed by atoms with Crippen molar-refractivity contribution in [3.63, 3.8) is 0 Å². The van der Waals surface area contributed by atoms with Crippen molar-refractivity contribution in [2.24, 2.45) is 4.99 Å². The maximum Gasteiger partial charge on any atom is 0.325 e. The molecule has 0 saturated heterocycles. The summed E-state index contributed by atoms with van der Waals surface area (Å²) in [7, 11) is 1.34. The van der Waals surface area contributed by atoms with Crippen LogP contribution in [0.2, 0.25) is 5.02 Å². The number of ether oxygens (including phenoxy) is 1. The first-order valence-corrected chi connectivity index (χ1v) is 9.07. The predicted octanol–water partition coefficient (Wildman–Crippen LogP) is 4.03. The maximum absolute atomic E-state index is 14.3. The molecule has 0 fully saturated rings. The third-order valence-electron chi connectivity index (χ3n) is 3.96. The number of halogens is 3. The Bertz CT molecular complexity index is 844. The van der Waals surface area contributed by atoms with Crippen LogP contribution in [0.25, 0.3) is 0 Å². The maximum atomic E-state index is 14.3. The summed E-state index contributed by atoms with van der Waals surface area (Å²) in [5.41, 5.74) is 2.35. The topological polar surface area (TPSA) is 41.9 Å². The zero-order chi connectivity index (χ0) is 18.0. The summed E-state index contributed by atoms with van der Waals surface area (Å²) >= 11 is 9.58. The Hall–Kier alpha value is -1.92. The minimum atomic E-state index is -0.378. The number of rotatable bonds is 4. The molecule has 0 N–H and O–H groups in total. The number of carbonyl (C=O) groups excluding carboxylic acids is 1. The quantitative estimate of drug-likeness (QED) is 0.549. The molecule has 7 heteroatoms. The van der Waals surface area contributed by atoms with Gasteiger partial charge in [-0.05, 0) is 30.3 Å². The SMILES string of the molecule is COC(=O)CN1c2ccc(Cl)cc2C(c2ccccc2F)=NC1CBr. The highest BCUT2D eigenvalue weighted by atomic mass is 79.9. The summed E-state index contributed by atoms with van der Waals surface area (Å²) in [6.07, 6.45) is -0.373. The number of benzene rings is 2. The second kappa shape index (κ2) is 7.54. The Labute approximate surface area is 158 Å². The fraction of sp³-hybridized carbons (Fsp3) is 0.222. The van der Waals surface area contributed by atoms with Crippen LogP contribution in [0.3, 0.4) is 0 Å². The molecule has 25 heavy (non-hydrogen) atoms. The van der Waals surface area contributed by atoms with Crippen LogP contribution < -0.4 is 4.90 Å². The zero-order valence-electron chi connectivity index (χ0n) is 13.4. The van der Waals surface area contributed by atoms with Gasteiger partial charge in [0.2, 0.25) is 0 Å². The molecule has 1 aliphatic heterocycles. The van der Waals surface area contributed by atoms with E-state index in [0.717, 1.165) is 5.69 Å². The Morgan fingerprint density at radius 3 is 2.76 bits per heavy atom. The summed E-state index contributed by atoms with van der Waals surface area (Å²) < 4.78 is 19.1. The molecule has 1 atom stereocenters. The number of nitrogens with zero attached hydrogens (tertiary/aromatic N) is 2. The van der Waals surface area contributed by atoms with Gasteiger partial charge in [0.15, 0.2) is 0 Å². The number of hydrogen-bond acceptors (Lipinski definition) is 4.